The van der Waals surface area contributed by atoms with Crippen molar-refractivity contribution in [2.24, 2.45) is 23.7 Å². The lowest BCUT2D eigenvalue weighted by Crippen LogP contribution is -2.45. The number of esters is 2. The fourth-order valence-electron chi connectivity index (χ4n) is 5.35. The molecule has 2 aromatic carbocycles. The van der Waals surface area contributed by atoms with Crippen LogP contribution in [0.25, 0.3) is 0 Å². The second kappa shape index (κ2) is 9.66. The van der Waals surface area contributed by atoms with E-state index in [1.165, 1.54) is 55.5 Å². The quantitative estimate of drug-likeness (QED) is 0.0977. The van der Waals surface area contributed by atoms with Crippen LogP contribution in [0.3, 0.4) is 0 Å². The van der Waals surface area contributed by atoms with Gasteiger partial charge in [-0.15, -0.1) is 0 Å². The van der Waals surface area contributed by atoms with Gasteiger partial charge in [0, 0.05) is 17.7 Å². The number of nitro benzene ring substituents is 1. The Morgan fingerprint density at radius 1 is 0.947 bits per heavy atom. The normalized spacial score (nSPS) is 23.8. The number of ketones is 1. The molecule has 0 aromatic heterocycles. The first-order valence-corrected chi connectivity index (χ1v) is 12.0. The molecule has 11 nitrogen and oxygen atoms in total. The van der Waals surface area contributed by atoms with Gasteiger partial charge in [-0.25, -0.2) is 9.59 Å². The average Bonchev–Trinajstić information content (AvgIpc) is 3.60. The highest BCUT2D eigenvalue weighted by atomic mass is 16.6. The minimum atomic E-state index is -1.14. The molecule has 2 aliphatic carbocycles. The van der Waals surface area contributed by atoms with E-state index in [4.69, 9.17) is 9.47 Å². The van der Waals surface area contributed by atoms with E-state index in [-0.39, 0.29) is 46.2 Å². The summed E-state index contributed by atoms with van der Waals surface area (Å²) in [5.41, 5.74) is 0.135. The Labute approximate surface area is 216 Å². The van der Waals surface area contributed by atoms with Crippen molar-refractivity contribution in [2.75, 3.05) is 6.61 Å². The van der Waals surface area contributed by atoms with Crippen molar-refractivity contribution in [3.8, 4) is 5.75 Å². The Kier molecular flexibility index (Phi) is 6.35. The summed E-state index contributed by atoms with van der Waals surface area (Å²) in [6.45, 7) is 0.814. The third-order valence-corrected chi connectivity index (χ3v) is 7.28. The number of nitrogens with zero attached hydrogens (tertiary/aromatic N) is 2. The highest BCUT2D eigenvalue weighted by Gasteiger charge is 2.60. The summed E-state index contributed by atoms with van der Waals surface area (Å²) in [6.07, 6.45) is 4.71. The van der Waals surface area contributed by atoms with Crippen LogP contribution in [0, 0.1) is 33.8 Å². The van der Waals surface area contributed by atoms with Crippen LogP contribution in [0.5, 0.6) is 5.75 Å². The first kappa shape index (κ1) is 25.0. The molecule has 2 aromatic rings. The summed E-state index contributed by atoms with van der Waals surface area (Å²) in [5, 5.41) is 10.7. The van der Waals surface area contributed by atoms with Gasteiger partial charge < -0.3 is 9.47 Å². The van der Waals surface area contributed by atoms with E-state index < -0.39 is 47.1 Å². The Morgan fingerprint density at radius 3 is 2.05 bits per heavy atom. The molecule has 1 aliphatic heterocycles. The standard InChI is InChI=1S/C27H22N2O9/c1-14(28-24(31)22-17-2-3-18(12-17)23(22)25(28)32)26(33)37-13-21(30)15-6-10-20(11-7-15)38-27(34)16-4-8-19(9-5-16)29(35)36/h2-11,14,17-18,22-23H,12-13H2,1H3. The molecule has 2 bridgehead atoms. The van der Waals surface area contributed by atoms with Crippen LogP contribution in [-0.2, 0) is 19.1 Å². The van der Waals surface area contributed by atoms with Gasteiger partial charge in [0.2, 0.25) is 11.8 Å². The van der Waals surface area contributed by atoms with Crippen molar-refractivity contribution in [1.82, 2.24) is 4.90 Å². The monoisotopic (exact) mass is 518 g/mol. The van der Waals surface area contributed by atoms with Crippen molar-refractivity contribution < 1.29 is 38.4 Å². The molecule has 2 fully saturated rings. The zero-order valence-corrected chi connectivity index (χ0v) is 20.1. The van der Waals surface area contributed by atoms with Gasteiger partial charge in [-0.1, -0.05) is 12.2 Å². The highest BCUT2D eigenvalue weighted by molar-refractivity contribution is 6.09. The molecule has 2 amide bonds. The van der Waals surface area contributed by atoms with Crippen molar-refractivity contribution in [3.63, 3.8) is 0 Å². The number of nitro groups is 1. The Hall–Kier alpha value is -4.67. The first-order chi connectivity index (χ1) is 18.2. The van der Waals surface area contributed by atoms with Crippen LogP contribution in [-0.4, -0.2) is 52.0 Å². The number of fused-ring (bicyclic) bond motifs is 5. The number of likely N-dealkylation sites (tertiary alicyclic amines) is 1. The number of Topliss-reactive ketones (excluding diaryl/α,β-unsaturated/α-hetero) is 1. The van der Waals surface area contributed by atoms with E-state index in [1.807, 2.05) is 12.2 Å². The number of hydrogen-bond donors (Lipinski definition) is 0. The van der Waals surface area contributed by atoms with Crippen molar-refractivity contribution >= 4 is 35.2 Å². The molecular formula is C27H22N2O9. The molecule has 5 unspecified atom stereocenters. The summed E-state index contributed by atoms with van der Waals surface area (Å²) in [5.74, 6) is -3.54. The largest absolute Gasteiger partial charge is 0.456 e. The fraction of sp³-hybridized carbons (Fsp3) is 0.296. The fourth-order valence-corrected chi connectivity index (χ4v) is 5.35. The number of allylic oxidation sites excluding steroid dienone is 2. The van der Waals surface area contributed by atoms with Gasteiger partial charge in [-0.2, -0.15) is 0 Å². The first-order valence-electron chi connectivity index (χ1n) is 12.0. The summed E-state index contributed by atoms with van der Waals surface area (Å²) in [4.78, 5) is 74.2. The number of ether oxygens (including phenoxy) is 2. The maximum absolute atomic E-state index is 12.9. The summed E-state index contributed by atoms with van der Waals surface area (Å²) in [6, 6.07) is 9.28. The molecule has 3 aliphatic rings. The van der Waals surface area contributed by atoms with Gasteiger partial charge in [0.15, 0.2) is 12.4 Å². The maximum Gasteiger partial charge on any atom is 0.343 e. The number of carbonyl (C=O) groups excluding carboxylic acids is 5. The second-order valence-corrected chi connectivity index (χ2v) is 9.47. The zero-order valence-electron chi connectivity index (χ0n) is 20.1. The molecule has 0 radical (unpaired) electrons. The van der Waals surface area contributed by atoms with Gasteiger partial charge in [-0.3, -0.25) is 29.4 Å². The highest BCUT2D eigenvalue weighted by Crippen LogP contribution is 2.52. The Balaban J connectivity index is 1.14. The molecule has 1 saturated carbocycles. The average molecular weight is 518 g/mol. The van der Waals surface area contributed by atoms with E-state index in [0.29, 0.717) is 0 Å². The van der Waals surface area contributed by atoms with Crippen LogP contribution in [0.1, 0.15) is 34.1 Å². The van der Waals surface area contributed by atoms with Crippen LogP contribution in [0.4, 0.5) is 5.69 Å². The molecular weight excluding hydrogens is 496 g/mol. The number of benzene rings is 2. The Bertz CT molecular complexity index is 1350. The molecule has 5 atom stereocenters. The van der Waals surface area contributed by atoms with Crippen LogP contribution in [0.15, 0.2) is 60.7 Å². The number of imide groups is 1. The summed E-state index contributed by atoms with van der Waals surface area (Å²) in [7, 11) is 0. The van der Waals surface area contributed by atoms with Crippen molar-refractivity contribution in [3.05, 3.63) is 81.9 Å². The predicted octanol–water partition coefficient (Wildman–Crippen LogP) is 2.74. The molecule has 5 rings (SSSR count). The molecule has 0 spiro atoms. The minimum absolute atomic E-state index is 0.0210. The van der Waals surface area contributed by atoms with E-state index in [0.717, 1.165) is 11.3 Å². The van der Waals surface area contributed by atoms with E-state index in [9.17, 15) is 34.1 Å². The molecule has 1 heterocycles. The van der Waals surface area contributed by atoms with E-state index in [2.05, 4.69) is 0 Å². The summed E-state index contributed by atoms with van der Waals surface area (Å²) < 4.78 is 10.3. The van der Waals surface area contributed by atoms with Crippen LogP contribution < -0.4 is 4.74 Å². The number of non-ortho nitro benzene ring substituents is 1. The van der Waals surface area contributed by atoms with Crippen molar-refractivity contribution in [1.29, 1.82) is 0 Å². The van der Waals surface area contributed by atoms with Gasteiger partial charge in [0.1, 0.15) is 11.8 Å². The van der Waals surface area contributed by atoms with Gasteiger partial charge in [0.05, 0.1) is 22.3 Å². The molecule has 38 heavy (non-hydrogen) atoms. The Morgan fingerprint density at radius 2 is 1.50 bits per heavy atom. The second-order valence-electron chi connectivity index (χ2n) is 9.47. The predicted molar refractivity (Wildman–Crippen MR) is 129 cm³/mol. The molecule has 1 saturated heterocycles. The number of carbonyl (C=O) groups is 5. The van der Waals surface area contributed by atoms with E-state index in [1.54, 1.807) is 0 Å². The third kappa shape index (κ3) is 4.36. The zero-order chi connectivity index (χ0) is 27.1. The number of hydrogen-bond acceptors (Lipinski definition) is 9. The number of rotatable bonds is 8. The topological polar surface area (TPSA) is 150 Å². The summed E-state index contributed by atoms with van der Waals surface area (Å²) >= 11 is 0. The smallest absolute Gasteiger partial charge is 0.343 e. The van der Waals surface area contributed by atoms with Crippen LogP contribution >= 0.6 is 0 Å². The molecule has 194 valence electrons. The van der Waals surface area contributed by atoms with Crippen LogP contribution in [0.2, 0.25) is 0 Å². The van der Waals surface area contributed by atoms with Gasteiger partial charge in [0.25, 0.3) is 5.69 Å². The lowest BCUT2D eigenvalue weighted by molar-refractivity contribution is -0.384. The minimum Gasteiger partial charge on any atom is -0.456 e. The van der Waals surface area contributed by atoms with Crippen molar-refractivity contribution in [2.45, 2.75) is 19.4 Å². The molecule has 11 heteroatoms. The molecule has 0 N–H and O–H groups in total. The third-order valence-electron chi connectivity index (χ3n) is 7.28. The van der Waals surface area contributed by atoms with Gasteiger partial charge in [-0.05, 0) is 61.6 Å². The van der Waals surface area contributed by atoms with E-state index >= 15 is 0 Å². The lowest BCUT2D eigenvalue weighted by Gasteiger charge is -2.23. The lowest BCUT2D eigenvalue weighted by atomic mass is 9.85. The maximum atomic E-state index is 12.9. The van der Waals surface area contributed by atoms with Gasteiger partial charge >= 0.3 is 11.9 Å². The SMILES string of the molecule is CC(C(=O)OCC(=O)c1ccc(OC(=O)c2ccc([N+](=O)[O-])cc2)cc1)N1C(=O)C2C3C=CC(C3)C2C1=O. The number of amides is 2.